The second kappa shape index (κ2) is 6.54. The summed E-state index contributed by atoms with van der Waals surface area (Å²) in [5, 5.41) is 2.81. The van der Waals surface area contributed by atoms with E-state index >= 15 is 0 Å². The molecule has 5 heteroatoms. The third kappa shape index (κ3) is 3.60. The van der Waals surface area contributed by atoms with Crippen molar-refractivity contribution in [3.63, 3.8) is 0 Å². The van der Waals surface area contributed by atoms with Crippen molar-refractivity contribution in [1.29, 1.82) is 0 Å². The summed E-state index contributed by atoms with van der Waals surface area (Å²) in [4.78, 5) is 16.4. The van der Waals surface area contributed by atoms with Crippen molar-refractivity contribution in [3.05, 3.63) is 59.3 Å². The van der Waals surface area contributed by atoms with E-state index in [4.69, 9.17) is 0 Å². The van der Waals surface area contributed by atoms with Gasteiger partial charge in [-0.1, -0.05) is 18.2 Å². The summed E-state index contributed by atoms with van der Waals surface area (Å²) in [6.45, 7) is 1.97. The monoisotopic (exact) mass is 316 g/mol. The Hall–Kier alpha value is -1.46. The largest absolute Gasteiger partial charge is 0.307 e. The van der Waals surface area contributed by atoms with Crippen LogP contribution < -0.4 is 5.32 Å². The molecule has 2 aromatic rings. The minimum Gasteiger partial charge on any atom is -0.307 e. The molecule has 3 nitrogen and oxygen atoms in total. The lowest BCUT2D eigenvalue weighted by Crippen LogP contribution is -2.12. The molecule has 1 aliphatic rings. The van der Waals surface area contributed by atoms with E-state index in [0.717, 1.165) is 5.56 Å². The Kier molecular flexibility index (Phi) is 4.51. The SMILES string of the molecule is Cc1ccc(NC(=O)c2ccc(C3SCCS3)cc2)nc1. The Bertz CT molecular complexity index is 620. The Balaban J connectivity index is 1.68. The molecule has 0 saturated carbocycles. The first kappa shape index (κ1) is 14.5. The molecule has 1 N–H and O–H groups in total. The lowest BCUT2D eigenvalue weighted by molar-refractivity contribution is 0.102. The minimum absolute atomic E-state index is 0.121. The van der Waals surface area contributed by atoms with Gasteiger partial charge in [0, 0.05) is 23.3 Å². The molecule has 0 unspecified atom stereocenters. The van der Waals surface area contributed by atoms with Crippen LogP contribution in [0.2, 0.25) is 0 Å². The van der Waals surface area contributed by atoms with E-state index in [1.54, 1.807) is 6.20 Å². The summed E-state index contributed by atoms with van der Waals surface area (Å²) < 4.78 is 0.515. The number of carbonyl (C=O) groups excluding carboxylic acids is 1. The summed E-state index contributed by atoms with van der Waals surface area (Å²) in [7, 11) is 0. The van der Waals surface area contributed by atoms with Crippen LogP contribution in [0, 0.1) is 6.92 Å². The van der Waals surface area contributed by atoms with E-state index in [2.05, 4.69) is 10.3 Å². The van der Waals surface area contributed by atoms with Crippen molar-refractivity contribution >= 4 is 35.2 Å². The fourth-order valence-corrected chi connectivity index (χ4v) is 4.93. The Labute approximate surface area is 132 Å². The first-order chi connectivity index (χ1) is 10.2. The average Bonchev–Trinajstić information content (AvgIpc) is 3.04. The topological polar surface area (TPSA) is 42.0 Å². The van der Waals surface area contributed by atoms with E-state index in [9.17, 15) is 4.79 Å². The lowest BCUT2D eigenvalue weighted by atomic mass is 10.1. The third-order valence-electron chi connectivity index (χ3n) is 3.22. The van der Waals surface area contributed by atoms with Crippen LogP contribution in [-0.4, -0.2) is 22.4 Å². The molecular formula is C16H16N2OS2. The van der Waals surface area contributed by atoms with Crippen LogP contribution in [-0.2, 0) is 0 Å². The van der Waals surface area contributed by atoms with Crippen LogP contribution in [0.5, 0.6) is 0 Å². The molecule has 0 spiro atoms. The highest BCUT2D eigenvalue weighted by Crippen LogP contribution is 2.45. The summed E-state index contributed by atoms with van der Waals surface area (Å²) in [6.07, 6.45) is 1.74. The highest BCUT2D eigenvalue weighted by Gasteiger charge is 2.18. The van der Waals surface area contributed by atoms with Crippen molar-refractivity contribution in [3.8, 4) is 0 Å². The minimum atomic E-state index is -0.121. The molecule has 2 heterocycles. The Morgan fingerprint density at radius 3 is 2.48 bits per heavy atom. The average molecular weight is 316 g/mol. The maximum absolute atomic E-state index is 12.2. The van der Waals surface area contributed by atoms with Crippen LogP contribution in [0.3, 0.4) is 0 Å². The van der Waals surface area contributed by atoms with Gasteiger partial charge in [-0.05, 0) is 36.2 Å². The van der Waals surface area contributed by atoms with Gasteiger partial charge in [-0.2, -0.15) is 0 Å². The number of thioether (sulfide) groups is 2. The lowest BCUT2D eigenvalue weighted by Gasteiger charge is -2.09. The molecular weight excluding hydrogens is 300 g/mol. The van der Waals surface area contributed by atoms with Crippen molar-refractivity contribution in [1.82, 2.24) is 4.98 Å². The molecule has 3 rings (SSSR count). The fraction of sp³-hybridized carbons (Fsp3) is 0.250. The van der Waals surface area contributed by atoms with Gasteiger partial charge in [-0.3, -0.25) is 4.79 Å². The number of hydrogen-bond acceptors (Lipinski definition) is 4. The van der Waals surface area contributed by atoms with Crippen molar-refractivity contribution in [2.24, 2.45) is 0 Å². The van der Waals surface area contributed by atoms with E-state index in [0.29, 0.717) is 16.0 Å². The van der Waals surface area contributed by atoms with E-state index in [-0.39, 0.29) is 5.91 Å². The summed E-state index contributed by atoms with van der Waals surface area (Å²) >= 11 is 3.93. The smallest absolute Gasteiger partial charge is 0.256 e. The molecule has 1 fully saturated rings. The van der Waals surface area contributed by atoms with Gasteiger partial charge in [0.15, 0.2) is 0 Å². The molecule has 1 saturated heterocycles. The zero-order valence-electron chi connectivity index (χ0n) is 11.7. The zero-order chi connectivity index (χ0) is 14.7. The number of carbonyl (C=O) groups is 1. The number of nitrogens with zero attached hydrogens (tertiary/aromatic N) is 1. The fourth-order valence-electron chi connectivity index (χ4n) is 2.07. The summed E-state index contributed by atoms with van der Waals surface area (Å²) in [5.74, 6) is 2.87. The first-order valence-electron chi connectivity index (χ1n) is 6.79. The zero-order valence-corrected chi connectivity index (χ0v) is 13.3. The van der Waals surface area contributed by atoms with E-state index < -0.39 is 0 Å². The second-order valence-corrected chi connectivity index (χ2v) is 7.59. The van der Waals surface area contributed by atoms with Crippen molar-refractivity contribution < 1.29 is 4.79 Å². The van der Waals surface area contributed by atoms with Crippen molar-refractivity contribution in [2.75, 3.05) is 16.8 Å². The predicted octanol–water partition coefficient (Wildman–Crippen LogP) is 4.12. The van der Waals surface area contributed by atoms with Gasteiger partial charge in [-0.25, -0.2) is 4.98 Å². The number of aromatic nitrogens is 1. The molecule has 108 valence electrons. The van der Waals surface area contributed by atoms with Crippen LogP contribution in [0.1, 0.15) is 26.1 Å². The molecule has 21 heavy (non-hydrogen) atoms. The maximum atomic E-state index is 12.2. The number of rotatable bonds is 3. The van der Waals surface area contributed by atoms with Crippen LogP contribution in [0.15, 0.2) is 42.6 Å². The highest BCUT2D eigenvalue weighted by molar-refractivity contribution is 8.19. The second-order valence-electron chi connectivity index (χ2n) is 4.87. The van der Waals surface area contributed by atoms with Gasteiger partial charge < -0.3 is 5.32 Å². The number of pyridine rings is 1. The third-order valence-corrected chi connectivity index (χ3v) is 6.32. The van der Waals surface area contributed by atoms with Gasteiger partial charge >= 0.3 is 0 Å². The quantitative estimate of drug-likeness (QED) is 0.925. The van der Waals surface area contributed by atoms with Gasteiger partial charge in [0.1, 0.15) is 5.82 Å². The summed E-state index contributed by atoms with van der Waals surface area (Å²) in [6, 6.07) is 11.6. The Morgan fingerprint density at radius 1 is 1.14 bits per heavy atom. The molecule has 1 aliphatic heterocycles. The standard InChI is InChI=1S/C16H16N2OS2/c1-11-2-7-14(17-10-11)18-15(19)12-3-5-13(6-4-12)16-20-8-9-21-16/h2-7,10,16H,8-9H2,1H3,(H,17,18,19). The number of hydrogen-bond donors (Lipinski definition) is 1. The Morgan fingerprint density at radius 2 is 1.86 bits per heavy atom. The van der Waals surface area contributed by atoms with Crippen LogP contribution in [0.25, 0.3) is 0 Å². The van der Waals surface area contributed by atoms with Gasteiger partial charge in [0.25, 0.3) is 5.91 Å². The van der Waals surface area contributed by atoms with Crippen LogP contribution >= 0.6 is 23.5 Å². The molecule has 1 aromatic heterocycles. The van der Waals surface area contributed by atoms with Crippen molar-refractivity contribution in [2.45, 2.75) is 11.5 Å². The van der Waals surface area contributed by atoms with Gasteiger partial charge in [0.05, 0.1) is 4.58 Å². The summed E-state index contributed by atoms with van der Waals surface area (Å²) in [5.41, 5.74) is 3.02. The number of amides is 1. The molecule has 0 aliphatic carbocycles. The first-order valence-corrected chi connectivity index (χ1v) is 8.89. The predicted molar refractivity (Wildman–Crippen MR) is 91.0 cm³/mol. The normalized spacial score (nSPS) is 15.1. The molecule has 0 atom stereocenters. The molecule has 0 radical (unpaired) electrons. The molecule has 0 bridgehead atoms. The van der Waals surface area contributed by atoms with Gasteiger partial charge in [-0.15, -0.1) is 23.5 Å². The number of anilines is 1. The highest BCUT2D eigenvalue weighted by atomic mass is 32.2. The van der Waals surface area contributed by atoms with Gasteiger partial charge in [0.2, 0.25) is 0 Å². The maximum Gasteiger partial charge on any atom is 0.256 e. The number of benzene rings is 1. The van der Waals surface area contributed by atoms with E-state index in [1.807, 2.05) is 66.8 Å². The van der Waals surface area contributed by atoms with Crippen LogP contribution in [0.4, 0.5) is 5.82 Å². The number of nitrogens with one attached hydrogen (secondary N) is 1. The molecule has 1 amide bonds. The van der Waals surface area contributed by atoms with E-state index in [1.165, 1.54) is 17.1 Å². The molecule has 1 aromatic carbocycles. The number of aryl methyl sites for hydroxylation is 1.